The van der Waals surface area contributed by atoms with E-state index in [1.807, 2.05) is 20.8 Å². The highest BCUT2D eigenvalue weighted by atomic mass is 16.6. The molecule has 1 aliphatic rings. The van der Waals surface area contributed by atoms with Crippen LogP contribution in [0.4, 0.5) is 4.79 Å². The summed E-state index contributed by atoms with van der Waals surface area (Å²) in [4.78, 5) is 17.7. The van der Waals surface area contributed by atoms with Gasteiger partial charge in [-0.2, -0.15) is 5.10 Å². The highest BCUT2D eigenvalue weighted by molar-refractivity contribution is 5.86. The summed E-state index contributed by atoms with van der Waals surface area (Å²) >= 11 is 0. The van der Waals surface area contributed by atoms with Crippen LogP contribution in [0.25, 0.3) is 0 Å². The number of hydrazone groups is 1. The summed E-state index contributed by atoms with van der Waals surface area (Å²) in [5.41, 5.74) is -0.502. The first-order valence-corrected chi connectivity index (χ1v) is 7.05. The van der Waals surface area contributed by atoms with Gasteiger partial charge in [-0.1, -0.05) is 0 Å². The van der Waals surface area contributed by atoms with E-state index in [2.05, 4.69) is 16.8 Å². The highest BCUT2D eigenvalue weighted by Crippen LogP contribution is 2.19. The smallest absolute Gasteiger partial charge is 0.410 e. The second kappa shape index (κ2) is 7.19. The molecule has 0 radical (unpaired) electrons. The summed E-state index contributed by atoms with van der Waals surface area (Å²) < 4.78 is 5.40. The predicted molar refractivity (Wildman–Crippen MR) is 84.1 cm³/mol. The lowest BCUT2D eigenvalue weighted by molar-refractivity contribution is 0.0150. The van der Waals surface area contributed by atoms with Crippen LogP contribution in [-0.2, 0) is 4.74 Å². The molecule has 1 amide bonds. The summed E-state index contributed by atoms with van der Waals surface area (Å²) in [6.07, 6.45) is 2.43. The Kier molecular flexibility index (Phi) is 5.87. The fourth-order valence-corrected chi connectivity index (χ4v) is 2.28. The Morgan fingerprint density at radius 1 is 1.52 bits per heavy atom. The molecule has 0 aromatic heterocycles. The van der Waals surface area contributed by atoms with Gasteiger partial charge in [-0.05, 0) is 40.5 Å². The predicted octanol–water partition coefficient (Wildman–Crippen LogP) is 2.33. The van der Waals surface area contributed by atoms with Crippen LogP contribution in [0.1, 0.15) is 40.5 Å². The van der Waals surface area contributed by atoms with E-state index in [4.69, 9.17) is 10.1 Å². The first-order valence-electron chi connectivity index (χ1n) is 7.05. The molecule has 21 heavy (non-hydrogen) atoms. The van der Waals surface area contributed by atoms with Crippen LogP contribution in [0.3, 0.4) is 0 Å². The molecular weight excluding hydrogens is 270 g/mol. The number of aliphatic imine (C=N–C) groups is 1. The molecule has 0 aromatic carbocycles. The zero-order valence-corrected chi connectivity index (χ0v) is 13.3. The number of rotatable bonds is 3. The Morgan fingerprint density at radius 3 is 2.71 bits per heavy atom. The van der Waals surface area contributed by atoms with Crippen molar-refractivity contribution >= 4 is 25.0 Å². The number of hydrogen-bond acceptors (Lipinski definition) is 4. The van der Waals surface area contributed by atoms with Crippen molar-refractivity contribution in [3.05, 3.63) is 0 Å². The quantitative estimate of drug-likeness (QED) is 0.493. The van der Waals surface area contributed by atoms with E-state index < -0.39 is 5.60 Å². The molecule has 1 atom stereocenters. The van der Waals surface area contributed by atoms with Crippen LogP contribution in [0, 0.1) is 5.41 Å². The maximum atomic E-state index is 12.1. The van der Waals surface area contributed by atoms with Crippen LogP contribution < -0.4 is 0 Å². The van der Waals surface area contributed by atoms with Crippen molar-refractivity contribution in [3.63, 3.8) is 0 Å². The Balaban J connectivity index is 2.75. The van der Waals surface area contributed by atoms with Crippen molar-refractivity contribution in [1.82, 2.24) is 9.91 Å². The average molecular weight is 295 g/mol. The molecule has 118 valence electrons. The van der Waals surface area contributed by atoms with Gasteiger partial charge < -0.3 is 9.64 Å². The number of likely N-dealkylation sites (tertiary alicyclic amines) is 1. The summed E-state index contributed by atoms with van der Waals surface area (Å²) in [5.74, 6) is 0.594. The molecule has 1 saturated heterocycles. The Labute approximate surface area is 126 Å². The monoisotopic (exact) mass is 295 g/mol. The second-order valence-electron chi connectivity index (χ2n) is 6.01. The lowest BCUT2D eigenvalue weighted by Gasteiger charge is -2.37. The van der Waals surface area contributed by atoms with Gasteiger partial charge in [0.2, 0.25) is 0 Å². The van der Waals surface area contributed by atoms with Gasteiger partial charge in [0.1, 0.15) is 17.8 Å². The van der Waals surface area contributed by atoms with Gasteiger partial charge in [0.05, 0.1) is 6.04 Å². The van der Waals surface area contributed by atoms with Crippen molar-refractivity contribution in [2.45, 2.75) is 52.2 Å². The molecule has 1 aliphatic heterocycles. The molecule has 1 fully saturated rings. The summed E-state index contributed by atoms with van der Waals surface area (Å²) in [6, 6.07) is 0.00692. The summed E-state index contributed by atoms with van der Waals surface area (Å²) in [5, 5.41) is 12.7. The fraction of sp³-hybridized carbons (Fsp3) is 0.714. The van der Waals surface area contributed by atoms with E-state index in [9.17, 15) is 4.79 Å². The summed E-state index contributed by atoms with van der Waals surface area (Å²) in [7, 11) is 0. The third-order valence-electron chi connectivity index (χ3n) is 3.13. The highest BCUT2D eigenvalue weighted by Gasteiger charge is 2.30. The number of hydrogen-bond donors (Lipinski definition) is 1. The molecule has 7 nitrogen and oxygen atoms in total. The van der Waals surface area contributed by atoms with Gasteiger partial charge in [-0.15, -0.1) is 0 Å². The zero-order chi connectivity index (χ0) is 16.0. The van der Waals surface area contributed by atoms with Gasteiger partial charge in [0.25, 0.3) is 0 Å². The molecular formula is C14H25N5O2. The average Bonchev–Trinajstić information content (AvgIpc) is 2.38. The first-order chi connectivity index (χ1) is 9.78. The molecule has 7 heteroatoms. The third kappa shape index (κ3) is 5.17. The van der Waals surface area contributed by atoms with Gasteiger partial charge in [-0.25, -0.2) is 14.8 Å². The number of piperidine rings is 1. The molecule has 0 unspecified atom stereocenters. The maximum absolute atomic E-state index is 12.1. The minimum absolute atomic E-state index is 0.00692. The van der Waals surface area contributed by atoms with E-state index >= 15 is 0 Å². The van der Waals surface area contributed by atoms with Crippen LogP contribution in [0.2, 0.25) is 0 Å². The Morgan fingerprint density at radius 2 is 2.19 bits per heavy atom. The molecule has 1 heterocycles. The summed E-state index contributed by atoms with van der Waals surface area (Å²) in [6.45, 7) is 12.1. The largest absolute Gasteiger partial charge is 0.444 e. The van der Waals surface area contributed by atoms with Crippen LogP contribution in [-0.4, -0.2) is 59.6 Å². The molecule has 0 spiro atoms. The third-order valence-corrected chi connectivity index (χ3v) is 3.13. The minimum Gasteiger partial charge on any atom is -0.444 e. The Hall–Kier alpha value is -1.92. The molecule has 1 N–H and O–H groups in total. The second-order valence-corrected chi connectivity index (χ2v) is 6.01. The van der Waals surface area contributed by atoms with Gasteiger partial charge >= 0.3 is 6.09 Å². The number of ether oxygens (including phenoxy) is 1. The van der Waals surface area contributed by atoms with E-state index in [1.54, 1.807) is 16.8 Å². The van der Waals surface area contributed by atoms with Gasteiger partial charge in [0.15, 0.2) is 0 Å². The number of nitrogens with one attached hydrogen (secondary N) is 1. The first kappa shape index (κ1) is 17.1. The topological polar surface area (TPSA) is 81.4 Å². The fourth-order valence-electron chi connectivity index (χ4n) is 2.28. The molecule has 0 saturated carbocycles. The standard InChI is InChI=1S/C14H25N5O2/c1-11(17-10-15)19(16-5)12-7-6-8-18(9-12)13(20)21-14(2,3)4/h10,12,15H,5-9H2,1-4H3/b15-10?,17-11+/t12-/m1/s1. The van der Waals surface area contributed by atoms with Crippen molar-refractivity contribution in [3.8, 4) is 0 Å². The Bertz CT molecular complexity index is 428. The lowest BCUT2D eigenvalue weighted by atomic mass is 10.1. The van der Waals surface area contributed by atoms with E-state index in [0.717, 1.165) is 19.2 Å². The molecule has 0 bridgehead atoms. The molecule has 1 rings (SSSR count). The SMILES string of the molecule is C=NN(/C(C)=N/C=N)[C@@H]1CCCN(C(=O)OC(C)(C)C)C1. The number of nitrogens with zero attached hydrogens (tertiary/aromatic N) is 4. The zero-order valence-electron chi connectivity index (χ0n) is 13.3. The van der Waals surface area contributed by atoms with E-state index in [-0.39, 0.29) is 12.1 Å². The number of amidine groups is 1. The lowest BCUT2D eigenvalue weighted by Crippen LogP contribution is -2.50. The van der Waals surface area contributed by atoms with Crippen molar-refractivity contribution in [1.29, 1.82) is 5.41 Å². The van der Waals surface area contributed by atoms with Gasteiger partial charge in [0, 0.05) is 19.8 Å². The number of amides is 1. The normalized spacial score (nSPS) is 19.9. The van der Waals surface area contributed by atoms with Crippen LogP contribution in [0.15, 0.2) is 10.1 Å². The number of carbonyl (C=O) groups excluding carboxylic acids is 1. The van der Waals surface area contributed by atoms with Crippen molar-refractivity contribution < 1.29 is 9.53 Å². The molecule has 0 aliphatic carbocycles. The van der Waals surface area contributed by atoms with E-state index in [0.29, 0.717) is 18.9 Å². The molecule has 0 aromatic rings. The maximum Gasteiger partial charge on any atom is 0.410 e. The van der Waals surface area contributed by atoms with E-state index in [1.165, 1.54) is 0 Å². The minimum atomic E-state index is -0.502. The van der Waals surface area contributed by atoms with Crippen LogP contribution >= 0.6 is 0 Å². The van der Waals surface area contributed by atoms with Crippen molar-refractivity contribution in [2.24, 2.45) is 10.1 Å². The van der Waals surface area contributed by atoms with Crippen molar-refractivity contribution in [2.75, 3.05) is 13.1 Å². The van der Waals surface area contributed by atoms with Gasteiger partial charge in [-0.3, -0.25) is 5.41 Å². The number of carbonyl (C=O) groups is 1. The van der Waals surface area contributed by atoms with Crippen LogP contribution in [0.5, 0.6) is 0 Å².